The van der Waals surface area contributed by atoms with E-state index in [1.165, 1.54) is 6.92 Å². The molecule has 0 unspecified atom stereocenters. The van der Waals surface area contributed by atoms with Crippen LogP contribution in [-0.2, 0) is 14.4 Å². The van der Waals surface area contributed by atoms with E-state index in [4.69, 9.17) is 0 Å². The van der Waals surface area contributed by atoms with Gasteiger partial charge in [0.2, 0.25) is 11.8 Å². The first-order chi connectivity index (χ1) is 5.02. The first-order valence-electron chi connectivity index (χ1n) is 3.04. The van der Waals surface area contributed by atoms with Gasteiger partial charge in [0, 0.05) is 19.8 Å². The van der Waals surface area contributed by atoms with Crippen molar-refractivity contribution in [3.8, 4) is 0 Å². The van der Waals surface area contributed by atoms with Gasteiger partial charge in [-0.05, 0) is 0 Å². The van der Waals surface area contributed by atoms with Crippen LogP contribution < -0.4 is 5.32 Å². The van der Waals surface area contributed by atoms with Crippen LogP contribution in [0.25, 0.3) is 0 Å². The van der Waals surface area contributed by atoms with Crippen molar-refractivity contribution in [2.45, 2.75) is 19.8 Å². The van der Waals surface area contributed by atoms with Gasteiger partial charge >= 0.3 is 0 Å². The normalized spacial score (nSPS) is 15.1. The van der Waals surface area contributed by atoms with Gasteiger partial charge in [-0.1, -0.05) is 0 Å². The number of imide groups is 1. The maximum absolute atomic E-state index is 10.1. The SMILES string of the molecule is CC(=O)S.O=C1CCC(=O)N1. The summed E-state index contributed by atoms with van der Waals surface area (Å²) in [6.45, 7) is 1.39. The Morgan fingerprint density at radius 2 is 1.64 bits per heavy atom. The Balaban J connectivity index is 0.000000218. The van der Waals surface area contributed by atoms with Crippen molar-refractivity contribution in [1.82, 2.24) is 5.32 Å². The summed E-state index contributed by atoms with van der Waals surface area (Å²) in [5.41, 5.74) is 0. The lowest BCUT2D eigenvalue weighted by molar-refractivity contribution is -0.124. The molecule has 0 radical (unpaired) electrons. The summed E-state index contributed by atoms with van der Waals surface area (Å²) in [5, 5.41) is 2.00. The van der Waals surface area contributed by atoms with Crippen LogP contribution in [0.5, 0.6) is 0 Å². The standard InChI is InChI=1S/C4H5NO2.C2H4OS/c6-3-1-2-4(7)5-3;1-2(3)4/h1-2H2,(H,5,6,7);1H3,(H,3,4). The van der Waals surface area contributed by atoms with Crippen molar-refractivity contribution in [3.63, 3.8) is 0 Å². The summed E-state index contributed by atoms with van der Waals surface area (Å²) in [6, 6.07) is 0. The molecule has 62 valence electrons. The smallest absolute Gasteiger partial charge is 0.227 e. The van der Waals surface area contributed by atoms with Crippen molar-refractivity contribution in [3.05, 3.63) is 0 Å². The Morgan fingerprint density at radius 3 is 1.73 bits per heavy atom. The highest BCUT2D eigenvalue weighted by atomic mass is 32.1. The summed E-state index contributed by atoms with van der Waals surface area (Å²) in [4.78, 5) is 29.6. The molecule has 1 aliphatic heterocycles. The van der Waals surface area contributed by atoms with Gasteiger partial charge in [0.15, 0.2) is 5.12 Å². The second-order valence-corrected chi connectivity index (χ2v) is 2.62. The maximum atomic E-state index is 10.1. The average molecular weight is 175 g/mol. The third-order valence-corrected chi connectivity index (χ3v) is 0.858. The molecule has 5 heteroatoms. The molecule has 0 bridgehead atoms. The first-order valence-corrected chi connectivity index (χ1v) is 3.49. The molecule has 0 aromatic carbocycles. The van der Waals surface area contributed by atoms with Gasteiger partial charge in [-0.2, -0.15) is 0 Å². The molecule has 0 spiro atoms. The van der Waals surface area contributed by atoms with E-state index in [0.29, 0.717) is 12.8 Å². The molecule has 1 fully saturated rings. The summed E-state index contributed by atoms with van der Waals surface area (Å²) in [6.07, 6.45) is 0.748. The maximum Gasteiger partial charge on any atom is 0.227 e. The zero-order chi connectivity index (χ0) is 8.85. The van der Waals surface area contributed by atoms with E-state index in [1.807, 2.05) is 0 Å². The highest BCUT2D eigenvalue weighted by Gasteiger charge is 2.15. The molecule has 1 N–H and O–H groups in total. The lowest BCUT2D eigenvalue weighted by Crippen LogP contribution is -2.18. The number of hydrogen-bond donors (Lipinski definition) is 2. The van der Waals surface area contributed by atoms with Gasteiger partial charge in [0.25, 0.3) is 0 Å². The third kappa shape index (κ3) is 7.05. The third-order valence-electron chi connectivity index (χ3n) is 0.858. The summed E-state index contributed by atoms with van der Waals surface area (Å²) in [7, 11) is 0. The number of thiol groups is 1. The number of carbonyl (C=O) groups excluding carboxylic acids is 3. The van der Waals surface area contributed by atoms with Crippen molar-refractivity contribution < 1.29 is 14.4 Å². The average Bonchev–Trinajstić information content (AvgIpc) is 2.13. The van der Waals surface area contributed by atoms with Gasteiger partial charge in [0.05, 0.1) is 0 Å². The van der Waals surface area contributed by atoms with Crippen LogP contribution in [0, 0.1) is 0 Å². The van der Waals surface area contributed by atoms with E-state index in [1.54, 1.807) is 0 Å². The van der Waals surface area contributed by atoms with Crippen LogP contribution >= 0.6 is 12.6 Å². The molecule has 1 aliphatic rings. The molecule has 2 amide bonds. The van der Waals surface area contributed by atoms with E-state index in [0.717, 1.165) is 0 Å². The van der Waals surface area contributed by atoms with Crippen LogP contribution in [0.1, 0.15) is 19.8 Å². The molecule has 0 atom stereocenters. The number of hydrogen-bond acceptors (Lipinski definition) is 3. The Kier molecular flexibility index (Phi) is 4.52. The van der Waals surface area contributed by atoms with E-state index < -0.39 is 0 Å². The number of amides is 2. The van der Waals surface area contributed by atoms with Gasteiger partial charge in [-0.3, -0.25) is 19.7 Å². The molecule has 11 heavy (non-hydrogen) atoms. The molecule has 1 heterocycles. The van der Waals surface area contributed by atoms with Crippen LogP contribution in [0.3, 0.4) is 0 Å². The van der Waals surface area contributed by atoms with E-state index in [2.05, 4.69) is 17.9 Å². The van der Waals surface area contributed by atoms with Crippen LogP contribution in [0.4, 0.5) is 0 Å². The fraction of sp³-hybridized carbons (Fsp3) is 0.500. The Hall–Kier alpha value is -0.840. The highest BCUT2D eigenvalue weighted by molar-refractivity contribution is 7.96. The molecular weight excluding hydrogens is 166 g/mol. The zero-order valence-corrected chi connectivity index (χ0v) is 6.98. The Labute approximate surface area is 69.8 Å². The molecule has 1 saturated heterocycles. The molecule has 0 aromatic heterocycles. The Bertz CT molecular complexity index is 172. The lowest BCUT2D eigenvalue weighted by Gasteiger charge is -1.79. The minimum Gasteiger partial charge on any atom is -0.296 e. The largest absolute Gasteiger partial charge is 0.296 e. The second kappa shape index (κ2) is 4.90. The van der Waals surface area contributed by atoms with Gasteiger partial charge < -0.3 is 0 Å². The zero-order valence-electron chi connectivity index (χ0n) is 6.09. The van der Waals surface area contributed by atoms with Crippen molar-refractivity contribution in [2.75, 3.05) is 0 Å². The minimum absolute atomic E-state index is 0.139. The van der Waals surface area contributed by atoms with Crippen LogP contribution in [0.15, 0.2) is 0 Å². The van der Waals surface area contributed by atoms with Gasteiger partial charge in [-0.15, -0.1) is 12.6 Å². The summed E-state index contributed by atoms with van der Waals surface area (Å²) >= 11 is 3.33. The summed E-state index contributed by atoms with van der Waals surface area (Å²) < 4.78 is 0. The molecule has 0 aromatic rings. The molecule has 0 saturated carbocycles. The van der Waals surface area contributed by atoms with E-state index in [-0.39, 0.29) is 16.9 Å². The number of nitrogens with one attached hydrogen (secondary N) is 1. The topological polar surface area (TPSA) is 63.2 Å². The van der Waals surface area contributed by atoms with Crippen LogP contribution in [-0.4, -0.2) is 16.9 Å². The predicted molar refractivity (Wildman–Crippen MR) is 42.1 cm³/mol. The molecular formula is C6H9NO3S. The van der Waals surface area contributed by atoms with E-state index >= 15 is 0 Å². The first kappa shape index (κ1) is 10.2. The number of carbonyl (C=O) groups is 3. The lowest BCUT2D eigenvalue weighted by atomic mass is 10.4. The van der Waals surface area contributed by atoms with Gasteiger partial charge in [0.1, 0.15) is 0 Å². The number of rotatable bonds is 0. The second-order valence-electron chi connectivity index (χ2n) is 1.99. The fourth-order valence-corrected chi connectivity index (χ4v) is 0.508. The minimum atomic E-state index is -0.148. The molecule has 0 aliphatic carbocycles. The van der Waals surface area contributed by atoms with E-state index in [9.17, 15) is 14.4 Å². The highest BCUT2D eigenvalue weighted by Crippen LogP contribution is 1.95. The van der Waals surface area contributed by atoms with Crippen molar-refractivity contribution in [1.29, 1.82) is 0 Å². The van der Waals surface area contributed by atoms with Crippen molar-refractivity contribution in [2.24, 2.45) is 0 Å². The molecule has 4 nitrogen and oxygen atoms in total. The predicted octanol–water partition coefficient (Wildman–Crippen LogP) is -0.114. The van der Waals surface area contributed by atoms with Crippen molar-refractivity contribution >= 4 is 29.6 Å². The molecule has 1 rings (SSSR count). The summed E-state index contributed by atoms with van der Waals surface area (Å²) in [5.74, 6) is -0.296. The van der Waals surface area contributed by atoms with Gasteiger partial charge in [-0.25, -0.2) is 0 Å². The monoisotopic (exact) mass is 175 g/mol. The Morgan fingerprint density at radius 1 is 1.36 bits per heavy atom. The van der Waals surface area contributed by atoms with Crippen LogP contribution in [0.2, 0.25) is 0 Å². The quantitative estimate of drug-likeness (QED) is 0.398. The fourth-order valence-electron chi connectivity index (χ4n) is 0.508.